The molecule has 2 atom stereocenters. The highest BCUT2D eigenvalue weighted by Gasteiger charge is 2.63. The molecular weight excluding hydrogens is 230 g/mol. The summed E-state index contributed by atoms with van der Waals surface area (Å²) in [5.74, 6) is 4.25. The Balaban J connectivity index is 1.65. The maximum atomic E-state index is 6.49. The van der Waals surface area contributed by atoms with Crippen LogP contribution in [0, 0.1) is 34.5 Å². The molecule has 2 N–H and O–H groups in total. The van der Waals surface area contributed by atoms with Gasteiger partial charge < -0.3 is 5.73 Å². The molecule has 19 heavy (non-hydrogen) atoms. The Morgan fingerprint density at radius 3 is 1.68 bits per heavy atom. The highest BCUT2D eigenvalue weighted by molar-refractivity contribution is 5.14. The van der Waals surface area contributed by atoms with Crippen LogP contribution in [-0.4, -0.2) is 6.04 Å². The van der Waals surface area contributed by atoms with Crippen molar-refractivity contribution in [1.29, 1.82) is 0 Å². The van der Waals surface area contributed by atoms with Gasteiger partial charge in [0.15, 0.2) is 0 Å². The first kappa shape index (κ1) is 12.7. The molecule has 0 aromatic heterocycles. The van der Waals surface area contributed by atoms with Gasteiger partial charge in [0.05, 0.1) is 0 Å². The molecule has 5 aliphatic carbocycles. The molecule has 4 bridgehead atoms. The van der Waals surface area contributed by atoms with Gasteiger partial charge in [-0.2, -0.15) is 0 Å². The topological polar surface area (TPSA) is 26.0 Å². The Morgan fingerprint density at radius 1 is 0.842 bits per heavy atom. The van der Waals surface area contributed by atoms with Crippen molar-refractivity contribution >= 4 is 0 Å². The Hall–Kier alpha value is -0.0400. The first-order valence-corrected chi connectivity index (χ1v) is 8.87. The summed E-state index contributed by atoms with van der Waals surface area (Å²) in [5.41, 5.74) is 7.73. The molecule has 0 amide bonds. The van der Waals surface area contributed by atoms with Crippen LogP contribution in [0.3, 0.4) is 0 Å². The van der Waals surface area contributed by atoms with Gasteiger partial charge in [0.25, 0.3) is 0 Å². The van der Waals surface area contributed by atoms with Crippen LogP contribution in [0.25, 0.3) is 0 Å². The minimum Gasteiger partial charge on any atom is -0.327 e. The molecule has 5 fully saturated rings. The van der Waals surface area contributed by atoms with E-state index in [1.165, 1.54) is 19.3 Å². The van der Waals surface area contributed by atoms with E-state index in [9.17, 15) is 0 Å². The van der Waals surface area contributed by atoms with Crippen molar-refractivity contribution < 1.29 is 0 Å². The van der Waals surface area contributed by atoms with Crippen LogP contribution in [0.4, 0.5) is 0 Å². The van der Waals surface area contributed by atoms with Gasteiger partial charge in [0.2, 0.25) is 0 Å². The van der Waals surface area contributed by atoms with Gasteiger partial charge in [0.1, 0.15) is 0 Å². The predicted octanol–water partition coefficient (Wildman–Crippen LogP) is 4.36. The molecule has 0 spiro atoms. The second-order valence-corrected chi connectivity index (χ2v) is 8.61. The van der Waals surface area contributed by atoms with Gasteiger partial charge in [-0.1, -0.05) is 13.8 Å². The molecule has 0 aromatic rings. The van der Waals surface area contributed by atoms with E-state index in [4.69, 9.17) is 5.73 Å². The maximum absolute atomic E-state index is 6.49. The fraction of sp³-hybridized carbons (Fsp3) is 1.00. The van der Waals surface area contributed by atoms with Crippen LogP contribution >= 0.6 is 0 Å². The van der Waals surface area contributed by atoms with Crippen molar-refractivity contribution in [2.45, 2.75) is 77.7 Å². The minimum absolute atomic E-state index is 0.500. The number of hydrogen-bond donors (Lipinski definition) is 1. The lowest BCUT2D eigenvalue weighted by Gasteiger charge is -2.68. The smallest absolute Gasteiger partial charge is 0.0101 e. The van der Waals surface area contributed by atoms with Crippen LogP contribution in [0.15, 0.2) is 0 Å². The largest absolute Gasteiger partial charge is 0.327 e. The van der Waals surface area contributed by atoms with Crippen molar-refractivity contribution in [3.05, 3.63) is 0 Å². The van der Waals surface area contributed by atoms with Crippen LogP contribution in [0.2, 0.25) is 0 Å². The normalized spacial score (nSPS) is 54.2. The third kappa shape index (κ3) is 1.51. The van der Waals surface area contributed by atoms with Crippen LogP contribution in [-0.2, 0) is 0 Å². The van der Waals surface area contributed by atoms with Gasteiger partial charge in [-0.25, -0.2) is 0 Å². The fourth-order valence-electron chi connectivity index (χ4n) is 7.55. The van der Waals surface area contributed by atoms with Gasteiger partial charge in [0, 0.05) is 6.04 Å². The van der Waals surface area contributed by atoms with Crippen LogP contribution in [0.5, 0.6) is 0 Å². The van der Waals surface area contributed by atoms with Gasteiger partial charge in [-0.15, -0.1) is 0 Å². The molecule has 0 aliphatic heterocycles. The van der Waals surface area contributed by atoms with E-state index in [0.29, 0.717) is 11.5 Å². The second kappa shape index (κ2) is 4.00. The third-order valence-corrected chi connectivity index (χ3v) is 8.06. The van der Waals surface area contributed by atoms with Crippen molar-refractivity contribution in [2.75, 3.05) is 0 Å². The highest BCUT2D eigenvalue weighted by Crippen LogP contribution is 2.70. The number of nitrogens with two attached hydrogens (primary N) is 1. The first-order chi connectivity index (χ1) is 9.12. The van der Waals surface area contributed by atoms with Crippen molar-refractivity contribution in [1.82, 2.24) is 0 Å². The molecule has 0 aromatic carbocycles. The van der Waals surface area contributed by atoms with Crippen LogP contribution < -0.4 is 5.73 Å². The molecule has 1 heteroatoms. The Labute approximate surface area is 118 Å². The zero-order valence-corrected chi connectivity index (χ0v) is 12.8. The van der Waals surface area contributed by atoms with E-state index in [1.807, 2.05) is 0 Å². The van der Waals surface area contributed by atoms with E-state index in [2.05, 4.69) is 13.8 Å². The van der Waals surface area contributed by atoms with Gasteiger partial charge in [-0.3, -0.25) is 0 Å². The molecule has 0 radical (unpaired) electrons. The average molecular weight is 261 g/mol. The average Bonchev–Trinajstić information content (AvgIpc) is 2.36. The van der Waals surface area contributed by atoms with Crippen molar-refractivity contribution in [2.24, 2.45) is 40.2 Å². The van der Waals surface area contributed by atoms with E-state index in [0.717, 1.165) is 29.1 Å². The number of hydrogen-bond acceptors (Lipinski definition) is 1. The van der Waals surface area contributed by atoms with Gasteiger partial charge in [-0.05, 0) is 92.3 Å². The molecular formula is C18H31N. The summed E-state index contributed by atoms with van der Waals surface area (Å²) >= 11 is 0. The minimum atomic E-state index is 0.500. The lowest BCUT2D eigenvalue weighted by Crippen LogP contribution is -2.65. The molecule has 0 heterocycles. The Morgan fingerprint density at radius 2 is 1.32 bits per heavy atom. The summed E-state index contributed by atoms with van der Waals surface area (Å²) in [7, 11) is 0. The maximum Gasteiger partial charge on any atom is 0.0101 e. The van der Waals surface area contributed by atoms with E-state index in [-0.39, 0.29) is 0 Å². The highest BCUT2D eigenvalue weighted by atomic mass is 14.8. The second-order valence-electron chi connectivity index (χ2n) is 8.61. The Bertz CT molecular complexity index is 333. The standard InChI is InChI=1S/C18H31N/c1-3-18(4-2)15(8-16(18)19)17-9-12-5-13(10-17)7-14(6-12)11-17/h12-16H,3-11,19H2,1-2H3. The molecule has 2 unspecified atom stereocenters. The lowest BCUT2D eigenvalue weighted by molar-refractivity contribution is -0.174. The third-order valence-electron chi connectivity index (χ3n) is 8.06. The summed E-state index contributed by atoms with van der Waals surface area (Å²) in [6.45, 7) is 4.80. The molecule has 0 saturated heterocycles. The predicted molar refractivity (Wildman–Crippen MR) is 79.7 cm³/mol. The van der Waals surface area contributed by atoms with Crippen molar-refractivity contribution in [3.8, 4) is 0 Å². The monoisotopic (exact) mass is 261 g/mol. The van der Waals surface area contributed by atoms with Gasteiger partial charge >= 0.3 is 0 Å². The van der Waals surface area contributed by atoms with E-state index < -0.39 is 0 Å². The summed E-state index contributed by atoms with van der Waals surface area (Å²) in [6.07, 6.45) is 13.4. The van der Waals surface area contributed by atoms with E-state index >= 15 is 0 Å². The molecule has 108 valence electrons. The summed E-state index contributed by atoms with van der Waals surface area (Å²) < 4.78 is 0. The zero-order valence-electron chi connectivity index (χ0n) is 12.8. The molecule has 5 rings (SSSR count). The molecule has 5 aliphatic rings. The summed E-state index contributed by atoms with van der Waals surface area (Å²) in [6, 6.07) is 0.500. The zero-order chi connectivity index (χ0) is 13.3. The quantitative estimate of drug-likeness (QED) is 0.802. The van der Waals surface area contributed by atoms with E-state index in [1.54, 1.807) is 38.5 Å². The SMILES string of the molecule is CCC1(CC)C(N)CC1C12CC3CC(CC(C3)C1)C2. The summed E-state index contributed by atoms with van der Waals surface area (Å²) in [5, 5.41) is 0. The lowest BCUT2D eigenvalue weighted by atomic mass is 9.37. The fourth-order valence-corrected chi connectivity index (χ4v) is 7.55. The molecule has 5 saturated carbocycles. The summed E-state index contributed by atoms with van der Waals surface area (Å²) in [4.78, 5) is 0. The van der Waals surface area contributed by atoms with Crippen molar-refractivity contribution in [3.63, 3.8) is 0 Å². The Kier molecular flexibility index (Phi) is 2.67. The van der Waals surface area contributed by atoms with Crippen LogP contribution in [0.1, 0.15) is 71.6 Å². The first-order valence-electron chi connectivity index (χ1n) is 8.87. The molecule has 1 nitrogen and oxygen atoms in total. The number of rotatable bonds is 3.